The zero-order valence-electron chi connectivity index (χ0n) is 14.0. The molecule has 1 aromatic heterocycles. The van der Waals surface area contributed by atoms with Crippen LogP contribution in [0.4, 0.5) is 11.9 Å². The van der Waals surface area contributed by atoms with Crippen LogP contribution in [0.2, 0.25) is 0 Å². The maximum absolute atomic E-state index is 5.58. The standard InChI is InChI=1S/C15H29N5O/c1-6-10-21-15-18-13(16-8-3)17-14(19-15)20(9-4)11-12(5)7-2/h12H,6-11H2,1-5H3,(H,16,17,18,19). The fourth-order valence-electron chi connectivity index (χ4n) is 1.84. The van der Waals surface area contributed by atoms with E-state index >= 15 is 0 Å². The second-order valence-electron chi connectivity index (χ2n) is 5.17. The largest absolute Gasteiger partial charge is 0.463 e. The smallest absolute Gasteiger partial charge is 0.323 e. The molecule has 1 rings (SSSR count). The van der Waals surface area contributed by atoms with Gasteiger partial charge in [0.15, 0.2) is 0 Å². The Hall–Kier alpha value is -1.59. The number of rotatable bonds is 10. The molecule has 0 saturated carbocycles. The summed E-state index contributed by atoms with van der Waals surface area (Å²) in [6, 6.07) is 0.403. The lowest BCUT2D eigenvalue weighted by Crippen LogP contribution is -2.30. The third-order valence-corrected chi connectivity index (χ3v) is 3.27. The Balaban J connectivity index is 2.97. The van der Waals surface area contributed by atoms with E-state index < -0.39 is 0 Å². The van der Waals surface area contributed by atoms with Crippen LogP contribution in [0.15, 0.2) is 0 Å². The lowest BCUT2D eigenvalue weighted by atomic mass is 10.1. The van der Waals surface area contributed by atoms with Crippen LogP contribution in [0.5, 0.6) is 6.01 Å². The Labute approximate surface area is 128 Å². The van der Waals surface area contributed by atoms with E-state index in [-0.39, 0.29) is 0 Å². The number of hydrogen-bond donors (Lipinski definition) is 1. The molecule has 1 atom stereocenters. The molecular weight excluding hydrogens is 266 g/mol. The maximum atomic E-state index is 5.58. The molecule has 1 aromatic rings. The van der Waals surface area contributed by atoms with Crippen molar-refractivity contribution in [3.8, 4) is 6.01 Å². The van der Waals surface area contributed by atoms with Crippen molar-refractivity contribution in [2.24, 2.45) is 5.92 Å². The molecule has 0 saturated heterocycles. The SMILES string of the molecule is CCCOc1nc(NCC)nc(N(CC)CC(C)CC)n1. The summed E-state index contributed by atoms with van der Waals surface area (Å²) in [5, 5.41) is 3.14. The van der Waals surface area contributed by atoms with Crippen LogP contribution >= 0.6 is 0 Å². The molecule has 0 radical (unpaired) electrons. The van der Waals surface area contributed by atoms with Crippen molar-refractivity contribution in [3.63, 3.8) is 0 Å². The quantitative estimate of drug-likeness (QED) is 0.716. The van der Waals surface area contributed by atoms with Gasteiger partial charge in [0.25, 0.3) is 0 Å². The lowest BCUT2D eigenvalue weighted by Gasteiger charge is -2.24. The number of anilines is 2. The van der Waals surface area contributed by atoms with Gasteiger partial charge < -0.3 is 15.0 Å². The first-order chi connectivity index (χ1) is 10.1. The van der Waals surface area contributed by atoms with Crippen molar-refractivity contribution >= 4 is 11.9 Å². The molecule has 21 heavy (non-hydrogen) atoms. The van der Waals surface area contributed by atoms with Crippen LogP contribution in [0, 0.1) is 5.92 Å². The predicted molar refractivity (Wildman–Crippen MR) is 87.1 cm³/mol. The number of nitrogens with one attached hydrogen (secondary N) is 1. The number of ether oxygens (including phenoxy) is 1. The van der Waals surface area contributed by atoms with Gasteiger partial charge in [-0.25, -0.2) is 0 Å². The van der Waals surface area contributed by atoms with E-state index in [1.165, 1.54) is 0 Å². The van der Waals surface area contributed by atoms with Gasteiger partial charge in [-0.2, -0.15) is 15.0 Å². The first-order valence-electron chi connectivity index (χ1n) is 8.02. The molecule has 1 heterocycles. The molecule has 6 nitrogen and oxygen atoms in total. The predicted octanol–water partition coefficient (Wildman–Crippen LogP) is 2.96. The average molecular weight is 295 g/mol. The van der Waals surface area contributed by atoms with E-state index in [0.29, 0.717) is 30.4 Å². The van der Waals surface area contributed by atoms with Crippen LogP contribution < -0.4 is 15.0 Å². The van der Waals surface area contributed by atoms with Crippen molar-refractivity contribution in [1.29, 1.82) is 0 Å². The molecule has 0 bridgehead atoms. The van der Waals surface area contributed by atoms with E-state index in [0.717, 1.165) is 32.5 Å². The van der Waals surface area contributed by atoms with Crippen LogP contribution in [0.3, 0.4) is 0 Å². The van der Waals surface area contributed by atoms with Gasteiger partial charge in [0, 0.05) is 19.6 Å². The fourth-order valence-corrected chi connectivity index (χ4v) is 1.84. The van der Waals surface area contributed by atoms with Gasteiger partial charge in [-0.15, -0.1) is 0 Å². The summed E-state index contributed by atoms with van der Waals surface area (Å²) in [6.07, 6.45) is 2.07. The molecule has 0 fully saturated rings. The Morgan fingerprint density at radius 3 is 2.48 bits per heavy atom. The number of hydrogen-bond acceptors (Lipinski definition) is 6. The summed E-state index contributed by atoms with van der Waals surface area (Å²) in [5.74, 6) is 1.87. The highest BCUT2D eigenvalue weighted by atomic mass is 16.5. The maximum Gasteiger partial charge on any atom is 0.323 e. The first-order valence-corrected chi connectivity index (χ1v) is 8.02. The summed E-state index contributed by atoms with van der Waals surface area (Å²) >= 11 is 0. The third-order valence-electron chi connectivity index (χ3n) is 3.27. The molecule has 0 aromatic carbocycles. The summed E-state index contributed by atoms with van der Waals surface area (Å²) < 4.78 is 5.58. The highest BCUT2D eigenvalue weighted by molar-refractivity contribution is 5.38. The Bertz CT molecular complexity index is 413. The average Bonchev–Trinajstić information content (AvgIpc) is 2.50. The van der Waals surface area contributed by atoms with Gasteiger partial charge in [-0.3, -0.25) is 0 Å². The second-order valence-corrected chi connectivity index (χ2v) is 5.17. The van der Waals surface area contributed by atoms with Gasteiger partial charge in [0.05, 0.1) is 6.61 Å². The fraction of sp³-hybridized carbons (Fsp3) is 0.800. The number of aromatic nitrogens is 3. The van der Waals surface area contributed by atoms with Crippen LogP contribution in [0.1, 0.15) is 47.5 Å². The van der Waals surface area contributed by atoms with Crippen LogP contribution in [0.25, 0.3) is 0 Å². The van der Waals surface area contributed by atoms with E-state index in [1.54, 1.807) is 0 Å². The molecule has 1 unspecified atom stereocenters. The molecule has 1 N–H and O–H groups in total. The molecule has 0 aliphatic heterocycles. The van der Waals surface area contributed by atoms with Gasteiger partial charge in [-0.05, 0) is 26.2 Å². The van der Waals surface area contributed by atoms with Crippen molar-refractivity contribution in [2.45, 2.75) is 47.5 Å². The summed E-state index contributed by atoms with van der Waals surface area (Å²) in [4.78, 5) is 15.4. The first kappa shape index (κ1) is 17.5. The highest BCUT2D eigenvalue weighted by Crippen LogP contribution is 2.17. The molecule has 0 aliphatic rings. The van der Waals surface area contributed by atoms with Crippen molar-refractivity contribution < 1.29 is 4.74 Å². The second kappa shape index (κ2) is 9.37. The molecule has 0 amide bonds. The Morgan fingerprint density at radius 2 is 1.90 bits per heavy atom. The minimum Gasteiger partial charge on any atom is -0.463 e. The zero-order valence-corrected chi connectivity index (χ0v) is 14.0. The van der Waals surface area contributed by atoms with Crippen molar-refractivity contribution in [3.05, 3.63) is 0 Å². The van der Waals surface area contributed by atoms with E-state index in [9.17, 15) is 0 Å². The Kier molecular flexibility index (Phi) is 7.79. The monoisotopic (exact) mass is 295 g/mol. The topological polar surface area (TPSA) is 63.2 Å². The molecule has 0 spiro atoms. The highest BCUT2D eigenvalue weighted by Gasteiger charge is 2.15. The van der Waals surface area contributed by atoms with Crippen molar-refractivity contribution in [2.75, 3.05) is 36.5 Å². The third kappa shape index (κ3) is 5.73. The molecular formula is C15H29N5O. The minimum atomic E-state index is 0.403. The van der Waals surface area contributed by atoms with Gasteiger partial charge in [-0.1, -0.05) is 27.2 Å². The van der Waals surface area contributed by atoms with Gasteiger partial charge >= 0.3 is 6.01 Å². The van der Waals surface area contributed by atoms with Gasteiger partial charge in [0.1, 0.15) is 0 Å². The summed E-state index contributed by atoms with van der Waals surface area (Å²) in [6.45, 7) is 13.8. The van der Waals surface area contributed by atoms with Gasteiger partial charge in [0.2, 0.25) is 11.9 Å². The lowest BCUT2D eigenvalue weighted by molar-refractivity contribution is 0.291. The number of nitrogens with zero attached hydrogens (tertiary/aromatic N) is 4. The zero-order chi connectivity index (χ0) is 15.7. The van der Waals surface area contributed by atoms with E-state index in [1.807, 2.05) is 6.92 Å². The molecule has 120 valence electrons. The van der Waals surface area contributed by atoms with Crippen LogP contribution in [-0.4, -0.2) is 41.2 Å². The minimum absolute atomic E-state index is 0.403. The Morgan fingerprint density at radius 1 is 1.14 bits per heavy atom. The summed E-state index contributed by atoms with van der Waals surface area (Å²) in [5.41, 5.74) is 0. The van der Waals surface area contributed by atoms with E-state index in [2.05, 4.69) is 52.9 Å². The van der Waals surface area contributed by atoms with Crippen molar-refractivity contribution in [1.82, 2.24) is 15.0 Å². The van der Waals surface area contributed by atoms with E-state index in [4.69, 9.17) is 4.74 Å². The van der Waals surface area contributed by atoms with Crippen LogP contribution in [-0.2, 0) is 0 Å². The summed E-state index contributed by atoms with van der Waals surface area (Å²) in [7, 11) is 0. The normalized spacial score (nSPS) is 12.0. The molecule has 6 heteroatoms. The molecule has 0 aliphatic carbocycles.